The number of imidazole rings is 1. The molecular formula is C20H19F2N3O5. The van der Waals surface area contributed by atoms with Gasteiger partial charge in [0.15, 0.2) is 17.1 Å². The third-order valence-corrected chi connectivity index (χ3v) is 5.38. The lowest BCUT2D eigenvalue weighted by Crippen LogP contribution is -2.31. The fourth-order valence-corrected chi connectivity index (χ4v) is 3.99. The Hall–Kier alpha value is -3.43. The Morgan fingerprint density at radius 3 is 2.67 bits per heavy atom. The Kier molecular flexibility index (Phi) is 4.33. The maximum absolute atomic E-state index is 12.8. The molecule has 0 radical (unpaired) electrons. The van der Waals surface area contributed by atoms with Crippen LogP contribution in [-0.4, -0.2) is 37.3 Å². The highest BCUT2D eigenvalue weighted by molar-refractivity contribution is 5.93. The van der Waals surface area contributed by atoms with Gasteiger partial charge < -0.3 is 24.5 Å². The number of carboxylic acid groups (broad SMARTS) is 1. The summed E-state index contributed by atoms with van der Waals surface area (Å²) in [6.07, 6.45) is 0. The van der Waals surface area contributed by atoms with Gasteiger partial charge in [-0.3, -0.25) is 4.79 Å². The third-order valence-electron chi connectivity index (χ3n) is 5.38. The van der Waals surface area contributed by atoms with E-state index < -0.39 is 40.8 Å². The number of ether oxygens (including phenoxy) is 1. The summed E-state index contributed by atoms with van der Waals surface area (Å²) in [4.78, 5) is 30.8. The summed E-state index contributed by atoms with van der Waals surface area (Å²) in [5, 5.41) is 20.1. The van der Waals surface area contributed by atoms with Gasteiger partial charge >= 0.3 is 12.6 Å². The molecule has 3 N–H and O–H groups in total. The van der Waals surface area contributed by atoms with E-state index in [4.69, 9.17) is 0 Å². The first-order chi connectivity index (χ1) is 14.0. The molecule has 158 valence electrons. The van der Waals surface area contributed by atoms with Crippen molar-refractivity contribution in [3.8, 4) is 23.0 Å². The predicted octanol–water partition coefficient (Wildman–Crippen LogP) is 3.54. The minimum absolute atomic E-state index is 0.119. The van der Waals surface area contributed by atoms with E-state index in [-0.39, 0.29) is 28.3 Å². The number of aromatic carboxylic acids is 1. The summed E-state index contributed by atoms with van der Waals surface area (Å²) in [5.74, 6) is -2.44. The number of carboxylic acids is 1. The van der Waals surface area contributed by atoms with Crippen LogP contribution in [0.15, 0.2) is 23.0 Å². The first-order valence-electron chi connectivity index (χ1n) is 9.17. The summed E-state index contributed by atoms with van der Waals surface area (Å²) >= 11 is 0. The van der Waals surface area contributed by atoms with Crippen molar-refractivity contribution in [1.29, 1.82) is 0 Å². The molecular weight excluding hydrogens is 400 g/mol. The highest BCUT2D eigenvalue weighted by Gasteiger charge is 2.39. The van der Waals surface area contributed by atoms with Gasteiger partial charge in [0.2, 0.25) is 0 Å². The highest BCUT2D eigenvalue weighted by atomic mass is 19.3. The zero-order chi connectivity index (χ0) is 22.0. The number of hydrogen-bond donors (Lipinski definition) is 3. The summed E-state index contributed by atoms with van der Waals surface area (Å²) in [5.41, 5.74) is -1.04. The lowest BCUT2D eigenvalue weighted by atomic mass is 9.73. The number of fused-ring (bicyclic) bond motifs is 5. The van der Waals surface area contributed by atoms with Crippen LogP contribution in [0.1, 0.15) is 42.6 Å². The summed E-state index contributed by atoms with van der Waals surface area (Å²) < 4.78 is 32.0. The quantitative estimate of drug-likeness (QED) is 0.598. The smallest absolute Gasteiger partial charge is 0.387 e. The van der Waals surface area contributed by atoms with Crippen LogP contribution >= 0.6 is 0 Å². The van der Waals surface area contributed by atoms with Crippen LogP contribution in [0.25, 0.3) is 22.6 Å². The maximum Gasteiger partial charge on any atom is 0.387 e. The molecule has 4 rings (SSSR count). The molecule has 8 nitrogen and oxygen atoms in total. The number of aromatic nitrogens is 3. The number of nitrogens with one attached hydrogen (secondary N) is 1. The molecule has 3 heterocycles. The van der Waals surface area contributed by atoms with E-state index in [2.05, 4.69) is 14.7 Å². The van der Waals surface area contributed by atoms with Gasteiger partial charge in [-0.2, -0.15) is 8.78 Å². The highest BCUT2D eigenvalue weighted by Crippen LogP contribution is 2.49. The number of pyridine rings is 1. The first kappa shape index (κ1) is 19.9. The lowest BCUT2D eigenvalue weighted by molar-refractivity contribution is -0.0489. The van der Waals surface area contributed by atoms with E-state index in [1.165, 1.54) is 6.07 Å². The minimum atomic E-state index is -3.04. The number of halogens is 2. The number of aromatic amines is 1. The number of hydrogen-bond acceptors (Lipinski definition) is 5. The minimum Gasteiger partial charge on any atom is -0.506 e. The van der Waals surface area contributed by atoms with E-state index in [0.29, 0.717) is 12.1 Å². The van der Waals surface area contributed by atoms with Gasteiger partial charge in [0.25, 0.3) is 5.56 Å². The van der Waals surface area contributed by atoms with E-state index in [1.54, 1.807) is 16.7 Å². The topological polar surface area (TPSA) is 117 Å². The van der Waals surface area contributed by atoms with Gasteiger partial charge in [-0.1, -0.05) is 26.8 Å². The zero-order valence-corrected chi connectivity index (χ0v) is 16.4. The van der Waals surface area contributed by atoms with Crippen molar-refractivity contribution < 1.29 is 28.5 Å². The van der Waals surface area contributed by atoms with Crippen LogP contribution in [0, 0.1) is 5.41 Å². The largest absolute Gasteiger partial charge is 0.506 e. The van der Waals surface area contributed by atoms with Gasteiger partial charge in [-0.25, -0.2) is 9.78 Å². The van der Waals surface area contributed by atoms with Crippen molar-refractivity contribution in [2.24, 2.45) is 5.41 Å². The monoisotopic (exact) mass is 419 g/mol. The van der Waals surface area contributed by atoms with Crippen molar-refractivity contribution in [2.45, 2.75) is 39.8 Å². The van der Waals surface area contributed by atoms with Crippen LogP contribution in [-0.2, 0) is 6.54 Å². The van der Waals surface area contributed by atoms with Crippen LogP contribution in [0.4, 0.5) is 8.78 Å². The van der Waals surface area contributed by atoms with Gasteiger partial charge in [0.05, 0.1) is 11.2 Å². The van der Waals surface area contributed by atoms with Crippen molar-refractivity contribution in [1.82, 2.24) is 14.5 Å². The second-order valence-electron chi connectivity index (χ2n) is 8.24. The molecule has 0 bridgehead atoms. The van der Waals surface area contributed by atoms with Crippen molar-refractivity contribution in [3.63, 3.8) is 0 Å². The number of H-pyrrole nitrogens is 1. The lowest BCUT2D eigenvalue weighted by Gasteiger charge is -2.36. The Morgan fingerprint density at radius 1 is 1.37 bits per heavy atom. The molecule has 3 aromatic rings. The molecule has 1 aromatic carbocycles. The van der Waals surface area contributed by atoms with E-state index in [0.717, 1.165) is 0 Å². The molecule has 0 spiro atoms. The molecule has 2 aromatic heterocycles. The number of alkyl halides is 2. The predicted molar refractivity (Wildman–Crippen MR) is 103 cm³/mol. The van der Waals surface area contributed by atoms with E-state index in [1.807, 2.05) is 20.8 Å². The molecule has 1 atom stereocenters. The molecule has 0 saturated carbocycles. The van der Waals surface area contributed by atoms with E-state index >= 15 is 0 Å². The van der Waals surface area contributed by atoms with Crippen molar-refractivity contribution in [3.05, 3.63) is 39.7 Å². The average molecular weight is 419 g/mol. The van der Waals surface area contributed by atoms with Gasteiger partial charge in [-0.05, 0) is 17.5 Å². The Morgan fingerprint density at radius 2 is 2.07 bits per heavy atom. The molecule has 0 fully saturated rings. The Bertz CT molecular complexity index is 1240. The zero-order valence-electron chi connectivity index (χ0n) is 16.4. The second kappa shape index (κ2) is 6.54. The molecule has 0 saturated heterocycles. The van der Waals surface area contributed by atoms with Crippen LogP contribution in [0.2, 0.25) is 0 Å². The van der Waals surface area contributed by atoms with Gasteiger partial charge in [-0.15, -0.1) is 0 Å². The fourth-order valence-electron chi connectivity index (χ4n) is 3.99. The molecule has 0 unspecified atom stereocenters. The number of rotatable bonds is 3. The summed E-state index contributed by atoms with van der Waals surface area (Å²) in [7, 11) is 0. The summed E-state index contributed by atoms with van der Waals surface area (Å²) in [6, 6.07) is 4.62. The number of nitrogens with zero attached hydrogens (tertiary/aromatic N) is 2. The van der Waals surface area contributed by atoms with Crippen LogP contribution < -0.4 is 10.3 Å². The normalized spacial score (nSPS) is 15.9. The Labute approximate surface area is 168 Å². The van der Waals surface area contributed by atoms with Crippen LogP contribution in [0.5, 0.6) is 11.5 Å². The average Bonchev–Trinajstić information content (AvgIpc) is 2.99. The molecule has 30 heavy (non-hydrogen) atoms. The van der Waals surface area contributed by atoms with Crippen molar-refractivity contribution in [2.75, 3.05) is 0 Å². The summed E-state index contributed by atoms with van der Waals surface area (Å²) in [6.45, 7) is 3.01. The number of para-hydroxylation sites is 1. The standard InChI is InChI=1S/C20H19F2N3O5/c1-20(2,3)8-7-25-9-5-4-6-10(30-19(21)22)13(9)23-16(25)14-11(8)15(26)12(18(28)29)17(27)24-14/h4-6,8,19H,7H2,1-3H3,(H,28,29)(H2,24,26,27)/t8-/m1/s1. The molecule has 0 amide bonds. The second-order valence-corrected chi connectivity index (χ2v) is 8.24. The number of benzene rings is 1. The maximum atomic E-state index is 12.8. The van der Waals surface area contributed by atoms with Crippen LogP contribution in [0.3, 0.4) is 0 Å². The van der Waals surface area contributed by atoms with Gasteiger partial charge in [0.1, 0.15) is 11.3 Å². The van der Waals surface area contributed by atoms with E-state index in [9.17, 15) is 28.6 Å². The number of aromatic hydroxyl groups is 1. The SMILES string of the molecule is CC(C)(C)[C@@H]1Cn2c(nc3c(OC(F)F)cccc32)-c2[nH]c(=O)c(C(=O)O)c(O)c21. The molecule has 10 heteroatoms. The molecule has 0 aliphatic carbocycles. The number of carbonyl (C=O) groups is 1. The Balaban J connectivity index is 2.08. The first-order valence-corrected chi connectivity index (χ1v) is 9.17. The fraction of sp³-hybridized carbons (Fsp3) is 0.350. The molecule has 1 aliphatic heterocycles. The molecule has 1 aliphatic rings. The van der Waals surface area contributed by atoms with Crippen molar-refractivity contribution >= 4 is 17.0 Å². The third kappa shape index (κ3) is 2.90. The van der Waals surface area contributed by atoms with Gasteiger partial charge in [0, 0.05) is 18.0 Å².